The van der Waals surface area contributed by atoms with Gasteiger partial charge in [-0.25, -0.2) is 0 Å². The summed E-state index contributed by atoms with van der Waals surface area (Å²) in [5.41, 5.74) is 0.936. The van der Waals surface area contributed by atoms with Gasteiger partial charge in [0.1, 0.15) is 17.5 Å². The first-order chi connectivity index (χ1) is 10.4. The number of carbonyl (C=O) groups excluding carboxylic acids is 1. The molecule has 0 radical (unpaired) electrons. The molecule has 0 amide bonds. The van der Waals surface area contributed by atoms with Crippen LogP contribution in [0.15, 0.2) is 24.3 Å². The van der Waals surface area contributed by atoms with Crippen LogP contribution in [-0.4, -0.2) is 17.7 Å². The van der Waals surface area contributed by atoms with Crippen molar-refractivity contribution in [3.05, 3.63) is 29.8 Å². The highest BCUT2D eigenvalue weighted by Crippen LogP contribution is 2.40. The zero-order valence-corrected chi connectivity index (χ0v) is 14.2. The molecule has 1 fully saturated rings. The van der Waals surface area contributed by atoms with Gasteiger partial charge in [0.2, 0.25) is 0 Å². The molecule has 0 spiro atoms. The lowest BCUT2D eigenvalue weighted by Gasteiger charge is -2.33. The number of benzene rings is 1. The van der Waals surface area contributed by atoms with Crippen LogP contribution in [0.4, 0.5) is 0 Å². The monoisotopic (exact) mass is 304 g/mol. The third-order valence-electron chi connectivity index (χ3n) is 4.01. The summed E-state index contributed by atoms with van der Waals surface area (Å²) >= 11 is 0. The second-order valence-corrected chi connectivity index (χ2v) is 7.03. The molecule has 0 saturated heterocycles. The number of hydrogen-bond donors (Lipinski definition) is 0. The van der Waals surface area contributed by atoms with Crippen LogP contribution in [0.3, 0.4) is 0 Å². The molecule has 1 aromatic carbocycles. The van der Waals surface area contributed by atoms with E-state index in [9.17, 15) is 4.79 Å². The zero-order valence-electron chi connectivity index (χ0n) is 14.2. The van der Waals surface area contributed by atoms with E-state index in [1.54, 1.807) is 0 Å². The summed E-state index contributed by atoms with van der Waals surface area (Å²) in [6.45, 7) is 8.01. The van der Waals surface area contributed by atoms with Gasteiger partial charge in [-0.05, 0) is 46.1 Å². The Bertz CT molecular complexity index is 502. The van der Waals surface area contributed by atoms with Crippen LogP contribution >= 0.6 is 0 Å². The van der Waals surface area contributed by atoms with Crippen molar-refractivity contribution in [2.45, 2.75) is 77.4 Å². The second-order valence-electron chi connectivity index (χ2n) is 7.03. The lowest BCUT2D eigenvalue weighted by atomic mass is 9.81. The average Bonchev–Trinajstić information content (AvgIpc) is 2.47. The first-order valence-corrected chi connectivity index (χ1v) is 8.38. The molecule has 0 aliphatic heterocycles. The molecule has 0 aromatic heterocycles. The highest BCUT2D eigenvalue weighted by molar-refractivity contribution is 5.69. The van der Waals surface area contributed by atoms with Gasteiger partial charge in [-0.15, -0.1) is 0 Å². The van der Waals surface area contributed by atoms with E-state index >= 15 is 0 Å². The third-order valence-corrected chi connectivity index (χ3v) is 4.01. The van der Waals surface area contributed by atoms with E-state index < -0.39 is 0 Å². The van der Waals surface area contributed by atoms with Crippen molar-refractivity contribution in [2.24, 2.45) is 0 Å². The van der Waals surface area contributed by atoms with E-state index in [-0.39, 0.29) is 23.6 Å². The highest BCUT2D eigenvalue weighted by Gasteiger charge is 2.31. The van der Waals surface area contributed by atoms with Gasteiger partial charge in [0.25, 0.3) is 0 Å². The normalized spacial score (nSPS) is 22.2. The fraction of sp³-hybridized carbons (Fsp3) is 0.632. The largest absolute Gasteiger partial charge is 0.488 e. The zero-order chi connectivity index (χ0) is 16.2. The molecule has 3 heteroatoms. The van der Waals surface area contributed by atoms with Crippen molar-refractivity contribution in [2.75, 3.05) is 0 Å². The van der Waals surface area contributed by atoms with Gasteiger partial charge in [0.15, 0.2) is 0 Å². The maximum Gasteiger partial charge on any atom is 0.305 e. The minimum atomic E-state index is -0.236. The fourth-order valence-corrected chi connectivity index (χ4v) is 3.06. The van der Waals surface area contributed by atoms with E-state index in [4.69, 9.17) is 9.47 Å². The fourth-order valence-electron chi connectivity index (χ4n) is 3.06. The molecule has 1 aliphatic carbocycles. The number of rotatable bonds is 4. The molecule has 2 atom stereocenters. The van der Waals surface area contributed by atoms with E-state index in [2.05, 4.69) is 26.8 Å². The molecule has 122 valence electrons. The van der Waals surface area contributed by atoms with Crippen molar-refractivity contribution < 1.29 is 14.3 Å². The Hall–Kier alpha value is -1.51. The first-order valence-electron chi connectivity index (χ1n) is 8.38. The van der Waals surface area contributed by atoms with Gasteiger partial charge in [-0.1, -0.05) is 31.5 Å². The number of esters is 1. The van der Waals surface area contributed by atoms with Crippen molar-refractivity contribution in [1.29, 1.82) is 0 Å². The number of hydrogen-bond acceptors (Lipinski definition) is 3. The lowest BCUT2D eigenvalue weighted by Crippen LogP contribution is -2.30. The molecular weight excluding hydrogens is 276 g/mol. The van der Waals surface area contributed by atoms with Gasteiger partial charge >= 0.3 is 5.97 Å². The summed E-state index contributed by atoms with van der Waals surface area (Å²) in [6, 6.07) is 8.18. The number of ether oxygens (including phenoxy) is 2. The van der Waals surface area contributed by atoms with Gasteiger partial charge in [-0.3, -0.25) is 4.79 Å². The molecule has 1 saturated carbocycles. The maximum atomic E-state index is 11.7. The average molecular weight is 304 g/mol. The minimum absolute atomic E-state index is 0.0223. The summed E-state index contributed by atoms with van der Waals surface area (Å²) in [5, 5.41) is 0. The van der Waals surface area contributed by atoms with E-state index in [0.717, 1.165) is 25.0 Å². The van der Waals surface area contributed by atoms with Crippen molar-refractivity contribution >= 4 is 5.97 Å². The first kappa shape index (κ1) is 16.9. The summed E-state index contributed by atoms with van der Waals surface area (Å²) in [5.74, 6) is 1.05. The van der Waals surface area contributed by atoms with Crippen LogP contribution < -0.4 is 4.74 Å². The van der Waals surface area contributed by atoms with E-state index in [0.29, 0.717) is 6.42 Å². The van der Waals surface area contributed by atoms with Crippen LogP contribution in [0.2, 0.25) is 0 Å². The van der Waals surface area contributed by atoms with Crippen molar-refractivity contribution in [3.63, 3.8) is 0 Å². The number of carbonyl (C=O) groups is 1. The molecule has 3 nitrogen and oxygen atoms in total. The molecule has 0 N–H and O–H groups in total. The predicted octanol–water partition coefficient (Wildman–Crippen LogP) is 4.84. The van der Waals surface area contributed by atoms with E-state index in [1.807, 2.05) is 25.1 Å². The topological polar surface area (TPSA) is 35.5 Å². The van der Waals surface area contributed by atoms with Gasteiger partial charge in [-0.2, -0.15) is 0 Å². The lowest BCUT2D eigenvalue weighted by molar-refractivity contribution is -0.151. The summed E-state index contributed by atoms with van der Waals surface area (Å²) in [6.07, 6.45) is 4.70. The summed E-state index contributed by atoms with van der Waals surface area (Å²) < 4.78 is 11.8. The Labute approximate surface area is 134 Å². The molecule has 22 heavy (non-hydrogen) atoms. The second kappa shape index (κ2) is 7.17. The molecule has 1 aromatic rings. The maximum absolute atomic E-state index is 11.7. The van der Waals surface area contributed by atoms with Gasteiger partial charge < -0.3 is 9.47 Å². The van der Waals surface area contributed by atoms with Crippen molar-refractivity contribution in [1.82, 2.24) is 0 Å². The smallest absolute Gasteiger partial charge is 0.305 e. The van der Waals surface area contributed by atoms with Crippen LogP contribution in [0, 0.1) is 0 Å². The molecule has 2 unspecified atom stereocenters. The molecular formula is C19H28O3. The Morgan fingerprint density at radius 3 is 2.55 bits per heavy atom. The van der Waals surface area contributed by atoms with Crippen LogP contribution in [0.1, 0.15) is 71.3 Å². The molecule has 0 bridgehead atoms. The Morgan fingerprint density at radius 2 is 1.86 bits per heavy atom. The molecule has 2 rings (SSSR count). The highest BCUT2D eigenvalue weighted by atomic mass is 16.5. The minimum Gasteiger partial charge on any atom is -0.488 e. The Balaban J connectivity index is 2.25. The van der Waals surface area contributed by atoms with Crippen molar-refractivity contribution in [3.8, 4) is 5.75 Å². The Morgan fingerprint density at radius 1 is 1.18 bits per heavy atom. The van der Waals surface area contributed by atoms with Gasteiger partial charge in [0, 0.05) is 17.9 Å². The quantitative estimate of drug-likeness (QED) is 0.746. The van der Waals surface area contributed by atoms with Gasteiger partial charge in [0.05, 0.1) is 0 Å². The molecule has 1 aliphatic rings. The van der Waals surface area contributed by atoms with Crippen LogP contribution in [0.25, 0.3) is 0 Å². The Kier molecular flexibility index (Phi) is 5.49. The molecule has 0 heterocycles. The summed E-state index contributed by atoms with van der Waals surface area (Å²) in [7, 11) is 0. The number of para-hydroxylation sites is 1. The van der Waals surface area contributed by atoms with Crippen LogP contribution in [-0.2, 0) is 9.53 Å². The SMILES string of the molecule is CCC(=O)OC1CCCCC1c1ccccc1OC(C)(C)C. The summed E-state index contributed by atoms with van der Waals surface area (Å²) in [4.78, 5) is 11.7. The van der Waals surface area contributed by atoms with E-state index in [1.165, 1.54) is 12.0 Å². The predicted molar refractivity (Wildman–Crippen MR) is 88.2 cm³/mol. The van der Waals surface area contributed by atoms with Crippen LogP contribution in [0.5, 0.6) is 5.75 Å². The third kappa shape index (κ3) is 4.49. The standard InChI is InChI=1S/C19H28O3/c1-5-18(20)21-16-12-8-6-10-14(16)15-11-7-9-13-17(15)22-19(2,3)4/h7,9,11,13-14,16H,5-6,8,10,12H2,1-4H3.